The first kappa shape index (κ1) is 19.6. The van der Waals surface area contributed by atoms with Crippen LogP contribution in [0.3, 0.4) is 0 Å². The van der Waals surface area contributed by atoms with Crippen molar-refractivity contribution in [3.8, 4) is 17.0 Å². The van der Waals surface area contributed by atoms with Gasteiger partial charge in [0.15, 0.2) is 0 Å². The van der Waals surface area contributed by atoms with Crippen LogP contribution in [-0.4, -0.2) is 22.8 Å². The first-order valence-corrected chi connectivity index (χ1v) is 8.77. The Balaban J connectivity index is 1.89. The van der Waals surface area contributed by atoms with E-state index in [4.69, 9.17) is 16.3 Å². The SMILES string of the molecule is COc1ccc(Cl)cc1NC(=O)C(C)n1nc(-c2ccc(F)cc2)ccc1=O. The Bertz CT molecular complexity index is 1070. The molecule has 0 aliphatic heterocycles. The molecule has 1 amide bonds. The maximum absolute atomic E-state index is 13.1. The molecule has 0 spiro atoms. The van der Waals surface area contributed by atoms with Crippen molar-refractivity contribution >= 4 is 23.2 Å². The van der Waals surface area contributed by atoms with Gasteiger partial charge in [0.25, 0.3) is 5.56 Å². The Hall–Kier alpha value is -3.19. The molecule has 0 saturated carbocycles. The average molecular weight is 402 g/mol. The molecule has 3 rings (SSSR count). The lowest BCUT2D eigenvalue weighted by atomic mass is 10.1. The Morgan fingerprint density at radius 2 is 1.89 bits per heavy atom. The van der Waals surface area contributed by atoms with Crippen molar-refractivity contribution in [2.24, 2.45) is 0 Å². The minimum atomic E-state index is -0.906. The van der Waals surface area contributed by atoms with Crippen LogP contribution in [0.2, 0.25) is 5.02 Å². The number of hydrogen-bond donors (Lipinski definition) is 1. The summed E-state index contributed by atoms with van der Waals surface area (Å²) in [4.78, 5) is 24.9. The zero-order valence-electron chi connectivity index (χ0n) is 15.1. The van der Waals surface area contributed by atoms with Crippen LogP contribution >= 0.6 is 11.6 Å². The van der Waals surface area contributed by atoms with E-state index in [1.807, 2.05) is 0 Å². The number of halogens is 2. The van der Waals surface area contributed by atoms with Gasteiger partial charge in [-0.15, -0.1) is 0 Å². The molecule has 1 unspecified atom stereocenters. The zero-order valence-corrected chi connectivity index (χ0v) is 15.9. The number of benzene rings is 2. The van der Waals surface area contributed by atoms with Gasteiger partial charge in [0, 0.05) is 16.7 Å². The van der Waals surface area contributed by atoms with Crippen LogP contribution in [0.15, 0.2) is 59.4 Å². The normalized spacial score (nSPS) is 11.7. The number of methoxy groups -OCH3 is 1. The van der Waals surface area contributed by atoms with E-state index in [0.29, 0.717) is 27.7 Å². The topological polar surface area (TPSA) is 73.2 Å². The maximum Gasteiger partial charge on any atom is 0.267 e. The number of nitrogens with zero attached hydrogens (tertiary/aromatic N) is 2. The van der Waals surface area contributed by atoms with E-state index in [9.17, 15) is 14.0 Å². The van der Waals surface area contributed by atoms with Gasteiger partial charge in [-0.1, -0.05) is 11.6 Å². The van der Waals surface area contributed by atoms with Crippen LogP contribution in [0.5, 0.6) is 5.75 Å². The van der Waals surface area contributed by atoms with Crippen molar-refractivity contribution in [1.82, 2.24) is 9.78 Å². The minimum absolute atomic E-state index is 0.375. The fourth-order valence-corrected chi connectivity index (χ4v) is 2.78. The number of carbonyl (C=O) groups is 1. The summed E-state index contributed by atoms with van der Waals surface area (Å²) < 4.78 is 19.4. The molecule has 6 nitrogen and oxygen atoms in total. The number of ether oxygens (including phenoxy) is 1. The Morgan fingerprint density at radius 1 is 1.18 bits per heavy atom. The van der Waals surface area contributed by atoms with Gasteiger partial charge in [-0.05, 0) is 55.5 Å². The van der Waals surface area contributed by atoms with E-state index in [1.165, 1.54) is 31.4 Å². The van der Waals surface area contributed by atoms with E-state index in [1.54, 1.807) is 37.3 Å². The quantitative estimate of drug-likeness (QED) is 0.703. The fourth-order valence-electron chi connectivity index (χ4n) is 2.60. The minimum Gasteiger partial charge on any atom is -0.495 e. The molecular formula is C20H17ClFN3O3. The van der Waals surface area contributed by atoms with Crippen LogP contribution in [0.4, 0.5) is 10.1 Å². The van der Waals surface area contributed by atoms with E-state index < -0.39 is 17.5 Å². The summed E-state index contributed by atoms with van der Waals surface area (Å²) in [5.41, 5.74) is 1.01. The van der Waals surface area contributed by atoms with Crippen molar-refractivity contribution in [2.45, 2.75) is 13.0 Å². The van der Waals surface area contributed by atoms with Gasteiger partial charge in [-0.25, -0.2) is 9.07 Å². The van der Waals surface area contributed by atoms with Crippen molar-refractivity contribution in [1.29, 1.82) is 0 Å². The highest BCUT2D eigenvalue weighted by atomic mass is 35.5. The molecule has 0 saturated heterocycles. The number of hydrogen-bond acceptors (Lipinski definition) is 4. The number of aromatic nitrogens is 2. The van der Waals surface area contributed by atoms with E-state index in [2.05, 4.69) is 10.4 Å². The number of nitrogens with one attached hydrogen (secondary N) is 1. The largest absolute Gasteiger partial charge is 0.495 e. The number of amides is 1. The van der Waals surface area contributed by atoms with Gasteiger partial charge in [-0.3, -0.25) is 9.59 Å². The van der Waals surface area contributed by atoms with Gasteiger partial charge >= 0.3 is 0 Å². The second-order valence-corrected chi connectivity index (χ2v) is 6.45. The molecule has 1 atom stereocenters. The molecule has 3 aromatic rings. The summed E-state index contributed by atoms with van der Waals surface area (Å²) >= 11 is 5.98. The zero-order chi connectivity index (χ0) is 20.3. The van der Waals surface area contributed by atoms with Gasteiger partial charge in [-0.2, -0.15) is 5.10 Å². The molecule has 0 radical (unpaired) electrons. The summed E-state index contributed by atoms with van der Waals surface area (Å²) in [7, 11) is 1.47. The van der Waals surface area contributed by atoms with Crippen LogP contribution in [0.1, 0.15) is 13.0 Å². The standard InChI is InChI=1S/C20H17ClFN3O3/c1-12(20(27)23-17-11-14(21)5-9-18(17)28-2)25-19(26)10-8-16(24-25)13-3-6-15(22)7-4-13/h3-12H,1-2H3,(H,23,27). The number of rotatable bonds is 5. The molecule has 1 N–H and O–H groups in total. The summed E-state index contributed by atoms with van der Waals surface area (Å²) in [6.07, 6.45) is 0. The molecule has 1 aromatic heterocycles. The third kappa shape index (κ3) is 4.20. The Kier molecular flexibility index (Phi) is 5.75. The monoisotopic (exact) mass is 401 g/mol. The predicted molar refractivity (Wildman–Crippen MR) is 105 cm³/mol. The fraction of sp³-hybridized carbons (Fsp3) is 0.150. The lowest BCUT2D eigenvalue weighted by Crippen LogP contribution is -2.33. The molecule has 8 heteroatoms. The predicted octanol–water partition coefficient (Wildman–Crippen LogP) is 3.91. The summed E-state index contributed by atoms with van der Waals surface area (Å²) in [6.45, 7) is 1.55. The third-order valence-corrected chi connectivity index (χ3v) is 4.37. The van der Waals surface area contributed by atoms with E-state index >= 15 is 0 Å². The molecule has 28 heavy (non-hydrogen) atoms. The van der Waals surface area contributed by atoms with Crippen molar-refractivity contribution < 1.29 is 13.9 Å². The molecule has 1 heterocycles. The van der Waals surface area contributed by atoms with Crippen molar-refractivity contribution in [3.05, 3.63) is 75.8 Å². The number of carbonyl (C=O) groups excluding carboxylic acids is 1. The molecule has 0 fully saturated rings. The van der Waals surface area contributed by atoms with E-state index in [0.717, 1.165) is 4.68 Å². The third-order valence-electron chi connectivity index (χ3n) is 4.13. The van der Waals surface area contributed by atoms with Crippen LogP contribution in [0.25, 0.3) is 11.3 Å². The van der Waals surface area contributed by atoms with Crippen molar-refractivity contribution in [2.75, 3.05) is 12.4 Å². The first-order valence-electron chi connectivity index (χ1n) is 8.39. The lowest BCUT2D eigenvalue weighted by Gasteiger charge is -2.16. The highest BCUT2D eigenvalue weighted by molar-refractivity contribution is 6.31. The lowest BCUT2D eigenvalue weighted by molar-refractivity contribution is -0.119. The second-order valence-electron chi connectivity index (χ2n) is 6.02. The highest BCUT2D eigenvalue weighted by Crippen LogP contribution is 2.28. The molecule has 0 aliphatic rings. The summed E-state index contributed by atoms with van der Waals surface area (Å²) in [5.74, 6) is -0.406. The van der Waals surface area contributed by atoms with Crippen molar-refractivity contribution in [3.63, 3.8) is 0 Å². The molecule has 0 aliphatic carbocycles. The smallest absolute Gasteiger partial charge is 0.267 e. The Morgan fingerprint density at radius 3 is 2.57 bits per heavy atom. The summed E-state index contributed by atoms with van der Waals surface area (Å²) in [5, 5.41) is 7.38. The van der Waals surface area contributed by atoms with Gasteiger partial charge in [0.1, 0.15) is 17.6 Å². The van der Waals surface area contributed by atoms with Crippen LogP contribution < -0.4 is 15.6 Å². The maximum atomic E-state index is 13.1. The van der Waals surface area contributed by atoms with Crippen LogP contribution in [0, 0.1) is 5.82 Å². The van der Waals surface area contributed by atoms with Gasteiger partial charge < -0.3 is 10.1 Å². The summed E-state index contributed by atoms with van der Waals surface area (Å²) in [6, 6.07) is 12.4. The average Bonchev–Trinajstić information content (AvgIpc) is 2.68. The Labute approximate surface area is 165 Å². The highest BCUT2D eigenvalue weighted by Gasteiger charge is 2.20. The van der Waals surface area contributed by atoms with E-state index in [-0.39, 0.29) is 5.82 Å². The molecule has 0 bridgehead atoms. The van der Waals surface area contributed by atoms with Gasteiger partial charge in [0.2, 0.25) is 5.91 Å². The molecular weight excluding hydrogens is 385 g/mol. The van der Waals surface area contributed by atoms with Gasteiger partial charge in [0.05, 0.1) is 18.5 Å². The molecule has 2 aromatic carbocycles. The van der Waals surface area contributed by atoms with Crippen LogP contribution in [-0.2, 0) is 4.79 Å². The molecule has 144 valence electrons. The first-order chi connectivity index (χ1) is 13.4. The second kappa shape index (κ2) is 8.22. The number of anilines is 1.